The van der Waals surface area contributed by atoms with Gasteiger partial charge in [-0.15, -0.1) is 0 Å². The highest BCUT2D eigenvalue weighted by Gasteiger charge is 2.25. The standard InChI is InChI=1S/C24H33N5O4/c1-18-23(29(31)32)19(2)28(25-18)17-21-3-5-22(6-4-21)24(30)27-11-8-20(9-12-27)7-10-26-13-15-33-16-14-26/h3-6,20H,7-17H2,1-2H3. The molecule has 2 aliphatic rings. The number of carbonyl (C=O) groups excluding carboxylic acids is 1. The number of aryl methyl sites for hydroxylation is 1. The first-order valence-electron chi connectivity index (χ1n) is 11.8. The van der Waals surface area contributed by atoms with E-state index in [4.69, 9.17) is 4.74 Å². The molecule has 0 aliphatic carbocycles. The van der Waals surface area contributed by atoms with Crippen molar-refractivity contribution in [3.63, 3.8) is 0 Å². The van der Waals surface area contributed by atoms with Crippen LogP contribution < -0.4 is 0 Å². The van der Waals surface area contributed by atoms with Crippen molar-refractivity contribution in [3.05, 3.63) is 56.9 Å². The van der Waals surface area contributed by atoms with Gasteiger partial charge in [-0.05, 0) is 63.3 Å². The molecular weight excluding hydrogens is 422 g/mol. The van der Waals surface area contributed by atoms with Crippen LogP contribution in [0, 0.1) is 29.9 Å². The summed E-state index contributed by atoms with van der Waals surface area (Å²) in [4.78, 5) is 28.2. The van der Waals surface area contributed by atoms with E-state index in [1.807, 2.05) is 29.2 Å². The quantitative estimate of drug-likeness (QED) is 0.471. The molecule has 0 atom stereocenters. The van der Waals surface area contributed by atoms with Crippen molar-refractivity contribution < 1.29 is 14.5 Å². The third kappa shape index (κ3) is 5.59. The number of rotatable bonds is 7. The van der Waals surface area contributed by atoms with E-state index in [9.17, 15) is 14.9 Å². The van der Waals surface area contributed by atoms with Crippen molar-refractivity contribution in [3.8, 4) is 0 Å². The lowest BCUT2D eigenvalue weighted by atomic mass is 9.93. The second-order valence-electron chi connectivity index (χ2n) is 9.11. The van der Waals surface area contributed by atoms with E-state index >= 15 is 0 Å². The predicted molar refractivity (Wildman–Crippen MR) is 124 cm³/mol. The minimum Gasteiger partial charge on any atom is -0.379 e. The van der Waals surface area contributed by atoms with Gasteiger partial charge in [-0.3, -0.25) is 24.5 Å². The molecule has 9 heteroatoms. The Balaban J connectivity index is 1.28. The minimum absolute atomic E-state index is 0.0649. The molecule has 1 amide bonds. The monoisotopic (exact) mass is 455 g/mol. The molecule has 0 N–H and O–H groups in total. The van der Waals surface area contributed by atoms with E-state index in [0.29, 0.717) is 29.4 Å². The Morgan fingerprint density at radius 3 is 2.39 bits per heavy atom. The highest BCUT2D eigenvalue weighted by atomic mass is 16.6. The number of piperidine rings is 1. The number of likely N-dealkylation sites (tertiary alicyclic amines) is 1. The maximum atomic E-state index is 13.0. The summed E-state index contributed by atoms with van der Waals surface area (Å²) in [6, 6.07) is 7.51. The van der Waals surface area contributed by atoms with E-state index in [1.54, 1.807) is 18.5 Å². The van der Waals surface area contributed by atoms with Crippen LogP contribution in [0.25, 0.3) is 0 Å². The van der Waals surface area contributed by atoms with Crippen LogP contribution in [-0.2, 0) is 11.3 Å². The second-order valence-corrected chi connectivity index (χ2v) is 9.11. The van der Waals surface area contributed by atoms with Gasteiger partial charge < -0.3 is 9.64 Å². The van der Waals surface area contributed by atoms with Gasteiger partial charge in [0.1, 0.15) is 11.4 Å². The van der Waals surface area contributed by atoms with Crippen molar-refractivity contribution in [1.82, 2.24) is 19.6 Å². The smallest absolute Gasteiger partial charge is 0.312 e. The molecule has 0 unspecified atom stereocenters. The number of amides is 1. The SMILES string of the molecule is Cc1nn(Cc2ccc(C(=O)N3CCC(CCN4CCOCC4)CC3)cc2)c(C)c1[N+](=O)[O-]. The predicted octanol–water partition coefficient (Wildman–Crippen LogP) is 3.03. The number of hydrogen-bond donors (Lipinski definition) is 0. The molecule has 0 bridgehead atoms. The van der Waals surface area contributed by atoms with Gasteiger partial charge in [0.05, 0.1) is 24.7 Å². The topological polar surface area (TPSA) is 93.7 Å². The van der Waals surface area contributed by atoms with Gasteiger partial charge in [0.25, 0.3) is 5.91 Å². The molecule has 0 saturated carbocycles. The number of hydrogen-bond acceptors (Lipinski definition) is 6. The van der Waals surface area contributed by atoms with Gasteiger partial charge in [-0.2, -0.15) is 5.10 Å². The zero-order chi connectivity index (χ0) is 23.4. The molecule has 2 aromatic rings. The molecule has 0 spiro atoms. The fourth-order valence-corrected chi connectivity index (χ4v) is 4.83. The number of benzene rings is 1. The Morgan fingerprint density at radius 1 is 1.12 bits per heavy atom. The van der Waals surface area contributed by atoms with Crippen LogP contribution in [0.4, 0.5) is 5.69 Å². The molecular formula is C24H33N5O4. The molecule has 2 fully saturated rings. The fraction of sp³-hybridized carbons (Fsp3) is 0.583. The Hall–Kier alpha value is -2.78. The van der Waals surface area contributed by atoms with Gasteiger partial charge in [0.2, 0.25) is 0 Å². The van der Waals surface area contributed by atoms with Crippen LogP contribution in [0.15, 0.2) is 24.3 Å². The number of aromatic nitrogens is 2. The first-order valence-corrected chi connectivity index (χ1v) is 11.8. The lowest BCUT2D eigenvalue weighted by molar-refractivity contribution is -0.386. The first-order chi connectivity index (χ1) is 15.9. The first kappa shape index (κ1) is 23.4. The summed E-state index contributed by atoms with van der Waals surface area (Å²) in [7, 11) is 0. The summed E-state index contributed by atoms with van der Waals surface area (Å²) in [5.41, 5.74) is 2.65. The van der Waals surface area contributed by atoms with Crippen LogP contribution in [-0.4, -0.2) is 76.3 Å². The Bertz CT molecular complexity index is 973. The lowest BCUT2D eigenvalue weighted by Gasteiger charge is -2.34. The molecule has 3 heterocycles. The second kappa shape index (κ2) is 10.4. The summed E-state index contributed by atoms with van der Waals surface area (Å²) < 4.78 is 7.06. The van der Waals surface area contributed by atoms with E-state index < -0.39 is 0 Å². The number of morpholine rings is 1. The number of ether oxygens (including phenoxy) is 1. The normalized spacial score (nSPS) is 17.9. The Kier molecular flexibility index (Phi) is 7.39. The van der Waals surface area contributed by atoms with Crippen molar-refractivity contribution in [1.29, 1.82) is 0 Å². The van der Waals surface area contributed by atoms with Crippen LogP contribution in [0.1, 0.15) is 46.6 Å². The van der Waals surface area contributed by atoms with E-state index in [0.717, 1.165) is 64.3 Å². The highest BCUT2D eigenvalue weighted by Crippen LogP contribution is 2.24. The lowest BCUT2D eigenvalue weighted by Crippen LogP contribution is -2.40. The zero-order valence-electron chi connectivity index (χ0n) is 19.5. The summed E-state index contributed by atoms with van der Waals surface area (Å²) in [5, 5.41) is 15.5. The average molecular weight is 456 g/mol. The summed E-state index contributed by atoms with van der Waals surface area (Å²) in [6.07, 6.45) is 3.32. The maximum absolute atomic E-state index is 13.0. The molecule has 2 saturated heterocycles. The number of nitrogens with zero attached hydrogens (tertiary/aromatic N) is 5. The minimum atomic E-state index is -0.387. The van der Waals surface area contributed by atoms with Gasteiger partial charge >= 0.3 is 5.69 Å². The van der Waals surface area contributed by atoms with Crippen LogP contribution in [0.5, 0.6) is 0 Å². The largest absolute Gasteiger partial charge is 0.379 e. The van der Waals surface area contributed by atoms with Crippen molar-refractivity contribution in [2.24, 2.45) is 5.92 Å². The van der Waals surface area contributed by atoms with Crippen LogP contribution in [0.2, 0.25) is 0 Å². The molecule has 9 nitrogen and oxygen atoms in total. The van der Waals surface area contributed by atoms with Crippen LogP contribution >= 0.6 is 0 Å². The van der Waals surface area contributed by atoms with Gasteiger partial charge in [0, 0.05) is 31.7 Å². The molecule has 1 aromatic heterocycles. The molecule has 2 aliphatic heterocycles. The Morgan fingerprint density at radius 2 is 1.79 bits per heavy atom. The molecule has 33 heavy (non-hydrogen) atoms. The third-order valence-electron chi connectivity index (χ3n) is 6.92. The summed E-state index contributed by atoms with van der Waals surface area (Å²) in [5.74, 6) is 0.763. The zero-order valence-corrected chi connectivity index (χ0v) is 19.5. The maximum Gasteiger partial charge on any atom is 0.312 e. The van der Waals surface area contributed by atoms with Crippen molar-refractivity contribution in [2.75, 3.05) is 45.9 Å². The average Bonchev–Trinajstić information content (AvgIpc) is 3.11. The van der Waals surface area contributed by atoms with Gasteiger partial charge in [0.15, 0.2) is 0 Å². The molecule has 1 aromatic carbocycles. The number of carbonyl (C=O) groups is 1. The van der Waals surface area contributed by atoms with Crippen LogP contribution in [0.3, 0.4) is 0 Å². The van der Waals surface area contributed by atoms with E-state index in [-0.39, 0.29) is 16.5 Å². The Labute approximate surface area is 194 Å². The van der Waals surface area contributed by atoms with E-state index in [2.05, 4.69) is 10.00 Å². The fourth-order valence-electron chi connectivity index (χ4n) is 4.83. The highest BCUT2D eigenvalue weighted by molar-refractivity contribution is 5.94. The van der Waals surface area contributed by atoms with Crippen molar-refractivity contribution >= 4 is 11.6 Å². The molecule has 178 valence electrons. The molecule has 4 rings (SSSR count). The summed E-state index contributed by atoms with van der Waals surface area (Å²) in [6.45, 7) is 10.3. The van der Waals surface area contributed by atoms with E-state index in [1.165, 1.54) is 6.42 Å². The summed E-state index contributed by atoms with van der Waals surface area (Å²) >= 11 is 0. The third-order valence-corrected chi connectivity index (χ3v) is 6.92. The van der Waals surface area contributed by atoms with Crippen molar-refractivity contribution in [2.45, 2.75) is 39.7 Å². The van der Waals surface area contributed by atoms with Gasteiger partial charge in [-0.1, -0.05) is 12.1 Å². The molecule has 0 radical (unpaired) electrons. The van der Waals surface area contributed by atoms with Gasteiger partial charge in [-0.25, -0.2) is 0 Å². The number of nitro groups is 1.